The molecule has 9 nitrogen and oxygen atoms in total. The topological polar surface area (TPSA) is 106 Å². The molecule has 2 N–H and O–H groups in total. The van der Waals surface area contributed by atoms with Crippen LogP contribution in [-0.4, -0.2) is 39.4 Å². The van der Waals surface area contributed by atoms with Crippen LogP contribution in [0.4, 0.5) is 20.6 Å². The lowest BCUT2D eigenvalue weighted by Crippen LogP contribution is -2.33. The maximum Gasteiger partial charge on any atom is 0.350 e. The summed E-state index contributed by atoms with van der Waals surface area (Å²) < 4.78 is 18.0. The number of aromatic nitrogens is 3. The Kier molecular flexibility index (Phi) is 6.08. The summed E-state index contributed by atoms with van der Waals surface area (Å²) >= 11 is 0. The lowest BCUT2D eigenvalue weighted by molar-refractivity contribution is 0.1000. The van der Waals surface area contributed by atoms with Gasteiger partial charge in [0.1, 0.15) is 12.1 Å². The zero-order chi connectivity index (χ0) is 26.3. The van der Waals surface area contributed by atoms with Crippen molar-refractivity contribution >= 4 is 23.3 Å². The molecule has 5 rings (SSSR count). The molecule has 0 bridgehead atoms. The quantitative estimate of drug-likeness (QED) is 0.437. The molecule has 188 valence electrons. The van der Waals surface area contributed by atoms with Crippen LogP contribution in [0.2, 0.25) is 0 Å². The minimum Gasteiger partial charge on any atom is -0.366 e. The standard InChI is InChI=1S/C27H25FN6O3/c1-3-21-22(17-7-9-19(10-8-17)34-16-30-31(2)26(34)36)11-12-23(28)24(21)33-14-13-32(27(33)37)20-6-4-5-18(15-20)25(29)35/h4-12,15-16H,3,13-14H2,1-2H3,(H2,29,35). The maximum absolute atomic E-state index is 15.3. The normalized spacial score (nSPS) is 13.4. The van der Waals surface area contributed by atoms with Crippen molar-refractivity contribution in [3.63, 3.8) is 0 Å². The van der Waals surface area contributed by atoms with Gasteiger partial charge >= 0.3 is 11.7 Å². The van der Waals surface area contributed by atoms with Gasteiger partial charge in [0.15, 0.2) is 0 Å². The predicted octanol–water partition coefficient (Wildman–Crippen LogP) is 3.49. The monoisotopic (exact) mass is 500 g/mol. The van der Waals surface area contributed by atoms with Crippen molar-refractivity contribution in [1.29, 1.82) is 0 Å². The van der Waals surface area contributed by atoms with Crippen LogP contribution in [0.1, 0.15) is 22.8 Å². The number of urea groups is 1. The second kappa shape index (κ2) is 9.38. The number of rotatable bonds is 6. The SMILES string of the molecule is CCc1c(-c2ccc(-n3cnn(C)c3=O)cc2)ccc(F)c1N1CCN(c2cccc(C(N)=O)c2)C1=O. The van der Waals surface area contributed by atoms with Crippen LogP contribution in [0.3, 0.4) is 0 Å². The molecular weight excluding hydrogens is 475 g/mol. The summed E-state index contributed by atoms with van der Waals surface area (Å²) in [4.78, 5) is 40.2. The number of primary amides is 1. The molecule has 0 aliphatic carbocycles. The van der Waals surface area contributed by atoms with E-state index in [1.807, 2.05) is 19.1 Å². The minimum absolute atomic E-state index is 0.242. The predicted molar refractivity (Wildman–Crippen MR) is 139 cm³/mol. The molecule has 1 aliphatic rings. The molecule has 0 radical (unpaired) electrons. The summed E-state index contributed by atoms with van der Waals surface area (Å²) in [5, 5.41) is 3.98. The van der Waals surface area contributed by atoms with Crippen molar-refractivity contribution < 1.29 is 14.0 Å². The van der Waals surface area contributed by atoms with Gasteiger partial charge in [0, 0.05) is 31.4 Å². The summed E-state index contributed by atoms with van der Waals surface area (Å²) in [5.41, 5.74) is 9.18. The number of benzene rings is 3. The third-order valence-corrected chi connectivity index (χ3v) is 6.59. The van der Waals surface area contributed by atoms with Crippen LogP contribution in [0.15, 0.2) is 71.8 Å². The lowest BCUT2D eigenvalue weighted by atomic mass is 9.95. The number of halogens is 1. The molecule has 4 aromatic rings. The van der Waals surface area contributed by atoms with Gasteiger partial charge in [-0.05, 0) is 59.5 Å². The van der Waals surface area contributed by atoms with E-state index >= 15 is 4.39 Å². The van der Waals surface area contributed by atoms with Gasteiger partial charge in [0.25, 0.3) is 0 Å². The minimum atomic E-state index is -0.586. The van der Waals surface area contributed by atoms with Crippen LogP contribution < -0.4 is 21.2 Å². The fraction of sp³-hybridized carbons (Fsp3) is 0.185. The third kappa shape index (κ3) is 4.16. The van der Waals surface area contributed by atoms with E-state index in [-0.39, 0.29) is 24.0 Å². The molecule has 2 heterocycles. The van der Waals surface area contributed by atoms with Crippen molar-refractivity contribution in [3.05, 3.63) is 94.4 Å². The summed E-state index contributed by atoms with van der Waals surface area (Å²) in [6, 6.07) is 16.5. The van der Waals surface area contributed by atoms with Crippen LogP contribution in [0.5, 0.6) is 0 Å². The molecule has 1 fully saturated rings. The number of anilines is 2. The van der Waals surface area contributed by atoms with Crippen molar-refractivity contribution in [2.24, 2.45) is 12.8 Å². The number of nitrogens with zero attached hydrogens (tertiary/aromatic N) is 5. The summed E-state index contributed by atoms with van der Waals surface area (Å²) in [7, 11) is 1.58. The Morgan fingerprint density at radius 2 is 1.73 bits per heavy atom. The average Bonchev–Trinajstić information content (AvgIpc) is 3.45. The zero-order valence-electron chi connectivity index (χ0n) is 20.4. The number of amides is 3. The van der Waals surface area contributed by atoms with Crippen LogP contribution >= 0.6 is 0 Å². The Labute approximate surface area is 212 Å². The number of carbonyl (C=O) groups is 2. The highest BCUT2D eigenvalue weighted by Gasteiger charge is 2.34. The van der Waals surface area contributed by atoms with Crippen molar-refractivity contribution in [1.82, 2.24) is 14.3 Å². The molecule has 0 saturated carbocycles. The first-order chi connectivity index (χ1) is 17.8. The van der Waals surface area contributed by atoms with Gasteiger partial charge < -0.3 is 5.73 Å². The highest BCUT2D eigenvalue weighted by molar-refractivity contribution is 6.07. The molecule has 0 unspecified atom stereocenters. The highest BCUT2D eigenvalue weighted by atomic mass is 19.1. The number of nitrogens with two attached hydrogens (primary N) is 1. The van der Waals surface area contributed by atoms with Crippen LogP contribution in [-0.2, 0) is 13.5 Å². The smallest absolute Gasteiger partial charge is 0.350 e. The molecule has 37 heavy (non-hydrogen) atoms. The van der Waals surface area contributed by atoms with Gasteiger partial charge in [-0.15, -0.1) is 0 Å². The first kappa shape index (κ1) is 24.0. The molecule has 3 amide bonds. The van der Waals surface area contributed by atoms with Crippen molar-refractivity contribution in [2.45, 2.75) is 13.3 Å². The Morgan fingerprint density at radius 1 is 1.00 bits per heavy atom. The van der Waals surface area contributed by atoms with E-state index in [4.69, 9.17) is 5.73 Å². The number of aryl methyl sites for hydroxylation is 1. The third-order valence-electron chi connectivity index (χ3n) is 6.59. The van der Waals surface area contributed by atoms with E-state index < -0.39 is 11.7 Å². The van der Waals surface area contributed by atoms with Gasteiger partial charge in [-0.1, -0.05) is 31.2 Å². The van der Waals surface area contributed by atoms with E-state index in [0.29, 0.717) is 35.5 Å². The number of carbonyl (C=O) groups excluding carboxylic acids is 2. The van der Waals surface area contributed by atoms with Crippen LogP contribution in [0, 0.1) is 5.82 Å². The largest absolute Gasteiger partial charge is 0.366 e. The Morgan fingerprint density at radius 3 is 2.38 bits per heavy atom. The van der Waals surface area contributed by atoms with E-state index in [1.165, 1.54) is 31.4 Å². The fourth-order valence-corrected chi connectivity index (χ4v) is 4.70. The maximum atomic E-state index is 15.3. The Hall–Kier alpha value is -4.73. The summed E-state index contributed by atoms with van der Waals surface area (Å²) in [6.07, 6.45) is 1.95. The zero-order valence-corrected chi connectivity index (χ0v) is 20.4. The van der Waals surface area contributed by atoms with Gasteiger partial charge in [-0.2, -0.15) is 5.10 Å². The van der Waals surface area contributed by atoms with Gasteiger partial charge in [-0.25, -0.2) is 23.2 Å². The fourth-order valence-electron chi connectivity index (χ4n) is 4.70. The molecule has 3 aromatic carbocycles. The lowest BCUT2D eigenvalue weighted by Gasteiger charge is -2.23. The Bertz CT molecular complexity index is 1570. The summed E-state index contributed by atoms with van der Waals surface area (Å²) in [5.74, 6) is -1.07. The van der Waals surface area contributed by atoms with Gasteiger partial charge in [0.2, 0.25) is 5.91 Å². The molecular formula is C27H25FN6O3. The van der Waals surface area contributed by atoms with Gasteiger partial charge in [0.05, 0.1) is 11.4 Å². The number of hydrogen-bond donors (Lipinski definition) is 1. The van der Waals surface area contributed by atoms with Gasteiger partial charge in [-0.3, -0.25) is 14.6 Å². The number of hydrogen-bond acceptors (Lipinski definition) is 4. The van der Waals surface area contributed by atoms with Crippen molar-refractivity contribution in [2.75, 3.05) is 22.9 Å². The first-order valence-electron chi connectivity index (χ1n) is 11.8. The van der Waals surface area contributed by atoms with E-state index in [9.17, 15) is 14.4 Å². The molecule has 0 spiro atoms. The molecule has 1 aromatic heterocycles. The molecule has 0 atom stereocenters. The Balaban J connectivity index is 1.50. The summed E-state index contributed by atoms with van der Waals surface area (Å²) in [6.45, 7) is 2.54. The first-order valence-corrected chi connectivity index (χ1v) is 11.8. The average molecular weight is 501 g/mol. The van der Waals surface area contributed by atoms with E-state index in [2.05, 4.69) is 5.10 Å². The second-order valence-corrected chi connectivity index (χ2v) is 8.73. The van der Waals surface area contributed by atoms with Crippen LogP contribution in [0.25, 0.3) is 16.8 Å². The highest BCUT2D eigenvalue weighted by Crippen LogP contribution is 2.37. The second-order valence-electron chi connectivity index (χ2n) is 8.73. The molecule has 1 aliphatic heterocycles. The van der Waals surface area contributed by atoms with E-state index in [1.54, 1.807) is 49.5 Å². The molecule has 1 saturated heterocycles. The molecule has 10 heteroatoms. The van der Waals surface area contributed by atoms with Crippen molar-refractivity contribution in [3.8, 4) is 16.8 Å². The van der Waals surface area contributed by atoms with E-state index in [0.717, 1.165) is 11.1 Å².